The van der Waals surface area contributed by atoms with Crippen molar-refractivity contribution in [2.24, 2.45) is 5.92 Å². The number of aromatic nitrogens is 1. The van der Waals surface area contributed by atoms with Gasteiger partial charge in [0.1, 0.15) is 16.5 Å². The minimum atomic E-state index is -0.251. The van der Waals surface area contributed by atoms with Crippen LogP contribution in [0.1, 0.15) is 35.6 Å². The van der Waals surface area contributed by atoms with Crippen LogP contribution in [0.2, 0.25) is 0 Å². The van der Waals surface area contributed by atoms with E-state index < -0.39 is 0 Å². The number of aliphatic hydroxyl groups is 1. The van der Waals surface area contributed by atoms with E-state index in [0.717, 1.165) is 27.6 Å². The number of thiazole rings is 1. The van der Waals surface area contributed by atoms with Crippen molar-refractivity contribution in [3.8, 4) is 16.3 Å². The Labute approximate surface area is 146 Å². The second-order valence-corrected chi connectivity index (χ2v) is 7.34. The first kappa shape index (κ1) is 18.4. The molecule has 2 N–H and O–H groups in total. The van der Waals surface area contributed by atoms with Crippen LogP contribution in [-0.2, 0) is 0 Å². The van der Waals surface area contributed by atoms with Gasteiger partial charge in [0.05, 0.1) is 19.8 Å². The molecule has 130 valence electrons. The summed E-state index contributed by atoms with van der Waals surface area (Å²) in [4.78, 5) is 17.8. The zero-order valence-electron chi connectivity index (χ0n) is 14.5. The normalized spacial score (nSPS) is 12.2. The quantitative estimate of drug-likeness (QED) is 0.806. The average molecular weight is 348 g/mol. The first-order valence-electron chi connectivity index (χ1n) is 7.98. The van der Waals surface area contributed by atoms with Gasteiger partial charge in [0.2, 0.25) is 0 Å². The van der Waals surface area contributed by atoms with Crippen LogP contribution in [-0.4, -0.2) is 35.8 Å². The third-order valence-electron chi connectivity index (χ3n) is 3.64. The molecule has 0 saturated heterocycles. The molecule has 24 heavy (non-hydrogen) atoms. The van der Waals surface area contributed by atoms with Gasteiger partial charge in [0.15, 0.2) is 0 Å². The molecule has 0 radical (unpaired) electrons. The largest absolute Gasteiger partial charge is 0.497 e. The Morgan fingerprint density at radius 1 is 1.42 bits per heavy atom. The number of carbonyl (C=O) groups excluding carboxylic acids is 1. The molecule has 1 aromatic carbocycles. The van der Waals surface area contributed by atoms with E-state index >= 15 is 0 Å². The molecular formula is C18H24N2O3S. The number of rotatable bonds is 7. The number of carbonyl (C=O) groups is 1. The SMILES string of the molecule is COc1cccc(-c2nc(C(=O)N[C@@H](CO)CC(C)C)c(C)s2)c1. The van der Waals surface area contributed by atoms with Crippen LogP contribution in [0.15, 0.2) is 24.3 Å². The number of nitrogens with one attached hydrogen (secondary N) is 1. The maximum absolute atomic E-state index is 12.5. The molecule has 1 aromatic heterocycles. The van der Waals surface area contributed by atoms with Crippen molar-refractivity contribution in [2.75, 3.05) is 13.7 Å². The summed E-state index contributed by atoms with van der Waals surface area (Å²) in [5.41, 5.74) is 1.34. The van der Waals surface area contributed by atoms with E-state index in [-0.39, 0.29) is 18.6 Å². The lowest BCUT2D eigenvalue weighted by atomic mass is 10.0. The lowest BCUT2D eigenvalue weighted by Gasteiger charge is -2.17. The lowest BCUT2D eigenvalue weighted by Crippen LogP contribution is -2.38. The molecule has 1 amide bonds. The summed E-state index contributed by atoms with van der Waals surface area (Å²) < 4.78 is 5.23. The van der Waals surface area contributed by atoms with Crippen LogP contribution in [0.5, 0.6) is 5.75 Å². The molecule has 5 nitrogen and oxygen atoms in total. The molecule has 0 bridgehead atoms. The molecule has 0 fully saturated rings. The van der Waals surface area contributed by atoms with Crippen LogP contribution in [0.25, 0.3) is 10.6 Å². The number of hydrogen-bond donors (Lipinski definition) is 2. The highest BCUT2D eigenvalue weighted by molar-refractivity contribution is 7.15. The molecule has 2 rings (SSSR count). The van der Waals surface area contributed by atoms with Crippen molar-refractivity contribution in [2.45, 2.75) is 33.2 Å². The number of nitrogens with zero attached hydrogens (tertiary/aromatic N) is 1. The van der Waals surface area contributed by atoms with Crippen molar-refractivity contribution >= 4 is 17.2 Å². The van der Waals surface area contributed by atoms with Gasteiger partial charge < -0.3 is 15.2 Å². The monoisotopic (exact) mass is 348 g/mol. The van der Waals surface area contributed by atoms with Gasteiger partial charge in [0, 0.05) is 10.4 Å². The highest BCUT2D eigenvalue weighted by Crippen LogP contribution is 2.29. The summed E-state index contributed by atoms with van der Waals surface area (Å²) >= 11 is 1.47. The fourth-order valence-electron chi connectivity index (χ4n) is 2.49. The summed E-state index contributed by atoms with van der Waals surface area (Å²) in [6.07, 6.45) is 0.730. The van der Waals surface area contributed by atoms with Crippen molar-refractivity contribution in [3.63, 3.8) is 0 Å². The van der Waals surface area contributed by atoms with Crippen molar-refractivity contribution in [3.05, 3.63) is 34.8 Å². The Kier molecular flexibility index (Phi) is 6.34. The zero-order valence-corrected chi connectivity index (χ0v) is 15.3. The highest BCUT2D eigenvalue weighted by atomic mass is 32.1. The standard InChI is InChI=1S/C18H24N2O3S/c1-11(2)8-14(10-21)19-17(22)16-12(3)24-18(20-16)13-6-5-7-15(9-13)23-4/h5-7,9,11,14,21H,8,10H2,1-4H3,(H,19,22)/t14-/m1/s1. The van der Waals surface area contributed by atoms with Crippen molar-refractivity contribution in [1.29, 1.82) is 0 Å². The van der Waals surface area contributed by atoms with Crippen LogP contribution in [0.3, 0.4) is 0 Å². The number of benzene rings is 1. The van der Waals surface area contributed by atoms with Crippen LogP contribution >= 0.6 is 11.3 Å². The summed E-state index contributed by atoms with van der Waals surface area (Å²) in [6, 6.07) is 7.36. The maximum Gasteiger partial charge on any atom is 0.271 e. The fourth-order valence-corrected chi connectivity index (χ4v) is 3.40. The van der Waals surface area contributed by atoms with E-state index in [1.54, 1.807) is 7.11 Å². The molecule has 0 aliphatic rings. The first-order chi connectivity index (χ1) is 11.4. The molecule has 0 aliphatic carbocycles. The summed E-state index contributed by atoms with van der Waals surface area (Å²) in [5, 5.41) is 13.1. The van der Waals surface area contributed by atoms with Gasteiger partial charge in [-0.2, -0.15) is 0 Å². The van der Waals surface area contributed by atoms with Gasteiger partial charge in [-0.15, -0.1) is 11.3 Å². The topological polar surface area (TPSA) is 71.5 Å². The second kappa shape index (κ2) is 8.26. The predicted octanol–water partition coefficient (Wildman–Crippen LogP) is 3.26. The smallest absolute Gasteiger partial charge is 0.271 e. The summed E-state index contributed by atoms with van der Waals surface area (Å²) in [7, 11) is 1.62. The Morgan fingerprint density at radius 3 is 2.79 bits per heavy atom. The van der Waals surface area contributed by atoms with E-state index in [9.17, 15) is 9.90 Å². The predicted molar refractivity (Wildman–Crippen MR) is 96.6 cm³/mol. The number of ether oxygens (including phenoxy) is 1. The van der Waals surface area contributed by atoms with E-state index in [0.29, 0.717) is 11.6 Å². The van der Waals surface area contributed by atoms with Gasteiger partial charge in [-0.05, 0) is 31.4 Å². The first-order valence-corrected chi connectivity index (χ1v) is 8.79. The molecular weight excluding hydrogens is 324 g/mol. The average Bonchev–Trinajstić information content (AvgIpc) is 2.95. The molecule has 0 aliphatic heterocycles. The Balaban J connectivity index is 2.19. The summed E-state index contributed by atoms with van der Waals surface area (Å²) in [5.74, 6) is 0.910. The van der Waals surface area contributed by atoms with Crippen LogP contribution in [0, 0.1) is 12.8 Å². The summed E-state index contributed by atoms with van der Waals surface area (Å²) in [6.45, 7) is 5.93. The van der Waals surface area contributed by atoms with Gasteiger partial charge in [-0.3, -0.25) is 4.79 Å². The number of hydrogen-bond acceptors (Lipinski definition) is 5. The lowest BCUT2D eigenvalue weighted by molar-refractivity contribution is 0.0903. The Morgan fingerprint density at radius 2 is 2.17 bits per heavy atom. The van der Waals surface area contributed by atoms with Crippen molar-refractivity contribution in [1.82, 2.24) is 10.3 Å². The third-order valence-corrected chi connectivity index (χ3v) is 4.66. The van der Waals surface area contributed by atoms with Gasteiger partial charge in [0.25, 0.3) is 5.91 Å². The van der Waals surface area contributed by atoms with Crippen LogP contribution in [0.4, 0.5) is 0 Å². The second-order valence-electron chi connectivity index (χ2n) is 6.14. The molecule has 1 atom stereocenters. The highest BCUT2D eigenvalue weighted by Gasteiger charge is 2.20. The molecule has 6 heteroatoms. The molecule has 2 aromatic rings. The fraction of sp³-hybridized carbons (Fsp3) is 0.444. The third kappa shape index (κ3) is 4.55. The van der Waals surface area contributed by atoms with Crippen molar-refractivity contribution < 1.29 is 14.6 Å². The van der Waals surface area contributed by atoms with Gasteiger partial charge >= 0.3 is 0 Å². The maximum atomic E-state index is 12.5. The van der Waals surface area contributed by atoms with Crippen LogP contribution < -0.4 is 10.1 Å². The molecule has 1 heterocycles. The number of aryl methyl sites for hydroxylation is 1. The molecule has 0 saturated carbocycles. The van der Waals surface area contributed by atoms with E-state index in [1.807, 2.05) is 31.2 Å². The van der Waals surface area contributed by atoms with E-state index in [1.165, 1.54) is 11.3 Å². The minimum Gasteiger partial charge on any atom is -0.497 e. The zero-order chi connectivity index (χ0) is 17.7. The van der Waals surface area contributed by atoms with E-state index in [2.05, 4.69) is 24.1 Å². The number of methoxy groups -OCH3 is 1. The number of amides is 1. The Hall–Kier alpha value is -1.92. The number of aliphatic hydroxyl groups excluding tert-OH is 1. The molecule has 0 spiro atoms. The Bertz CT molecular complexity index is 697. The molecule has 0 unspecified atom stereocenters. The van der Waals surface area contributed by atoms with E-state index in [4.69, 9.17) is 4.74 Å². The minimum absolute atomic E-state index is 0.0736. The van der Waals surface area contributed by atoms with Gasteiger partial charge in [-0.1, -0.05) is 26.0 Å². The van der Waals surface area contributed by atoms with Gasteiger partial charge in [-0.25, -0.2) is 4.98 Å².